The van der Waals surface area contributed by atoms with E-state index in [9.17, 15) is 5.11 Å². The number of rotatable bonds is 0. The minimum absolute atomic E-state index is 0.0382. The van der Waals surface area contributed by atoms with Crippen LogP contribution >= 0.6 is 0 Å². The Morgan fingerprint density at radius 2 is 2.09 bits per heavy atom. The quantitative estimate of drug-likeness (QED) is 0.537. The van der Waals surface area contributed by atoms with Gasteiger partial charge >= 0.3 is 0 Å². The first-order valence-corrected chi connectivity index (χ1v) is 4.68. The standard InChI is InChI=1S/C9H17NO/c1-6-2-3-7-4-10-5-8(7)9(6)11/h6-11H,2-5H2,1H3. The number of hydrogen-bond acceptors (Lipinski definition) is 2. The molecule has 1 saturated heterocycles. The van der Waals surface area contributed by atoms with Crippen LogP contribution in [0.2, 0.25) is 0 Å². The Balaban J connectivity index is 2.06. The predicted molar refractivity (Wildman–Crippen MR) is 44.3 cm³/mol. The fourth-order valence-electron chi connectivity index (χ4n) is 2.54. The minimum atomic E-state index is -0.0382. The van der Waals surface area contributed by atoms with Gasteiger partial charge in [0.25, 0.3) is 0 Å². The predicted octanol–water partition coefficient (Wildman–Crippen LogP) is 0.613. The molecule has 64 valence electrons. The normalized spacial score (nSPS) is 50.7. The fraction of sp³-hybridized carbons (Fsp3) is 1.00. The molecule has 1 heterocycles. The van der Waals surface area contributed by atoms with Gasteiger partial charge in [-0.05, 0) is 31.2 Å². The van der Waals surface area contributed by atoms with E-state index < -0.39 is 0 Å². The van der Waals surface area contributed by atoms with Gasteiger partial charge in [-0.15, -0.1) is 0 Å². The van der Waals surface area contributed by atoms with Gasteiger partial charge in [-0.1, -0.05) is 6.92 Å². The molecule has 2 N–H and O–H groups in total. The van der Waals surface area contributed by atoms with Gasteiger partial charge in [-0.3, -0.25) is 0 Å². The molecule has 4 unspecified atom stereocenters. The Bertz CT molecular complexity index is 148. The Morgan fingerprint density at radius 3 is 2.91 bits per heavy atom. The van der Waals surface area contributed by atoms with E-state index in [0.29, 0.717) is 11.8 Å². The van der Waals surface area contributed by atoms with Crippen molar-refractivity contribution in [3.63, 3.8) is 0 Å². The summed E-state index contributed by atoms with van der Waals surface area (Å²) in [4.78, 5) is 0. The summed E-state index contributed by atoms with van der Waals surface area (Å²) in [6.07, 6.45) is 2.49. The first-order chi connectivity index (χ1) is 5.29. The van der Waals surface area contributed by atoms with Gasteiger partial charge in [0.2, 0.25) is 0 Å². The maximum atomic E-state index is 9.81. The summed E-state index contributed by atoms with van der Waals surface area (Å²) in [6.45, 7) is 4.34. The van der Waals surface area contributed by atoms with E-state index in [0.717, 1.165) is 19.0 Å². The lowest BCUT2D eigenvalue weighted by atomic mass is 9.74. The van der Waals surface area contributed by atoms with Crippen LogP contribution in [-0.2, 0) is 0 Å². The van der Waals surface area contributed by atoms with Crippen molar-refractivity contribution >= 4 is 0 Å². The van der Waals surface area contributed by atoms with Crippen molar-refractivity contribution in [1.82, 2.24) is 5.32 Å². The molecule has 0 aromatic rings. The van der Waals surface area contributed by atoms with Crippen LogP contribution in [-0.4, -0.2) is 24.3 Å². The van der Waals surface area contributed by atoms with Crippen LogP contribution < -0.4 is 5.32 Å². The van der Waals surface area contributed by atoms with E-state index in [1.165, 1.54) is 12.8 Å². The highest BCUT2D eigenvalue weighted by atomic mass is 16.3. The molecule has 1 aliphatic heterocycles. The first-order valence-electron chi connectivity index (χ1n) is 4.68. The number of aliphatic hydroxyl groups excluding tert-OH is 1. The molecule has 0 aromatic carbocycles. The second kappa shape index (κ2) is 2.76. The van der Waals surface area contributed by atoms with E-state index in [-0.39, 0.29) is 6.10 Å². The van der Waals surface area contributed by atoms with Gasteiger partial charge in [0.05, 0.1) is 6.10 Å². The van der Waals surface area contributed by atoms with E-state index in [2.05, 4.69) is 12.2 Å². The maximum absolute atomic E-state index is 9.81. The molecule has 11 heavy (non-hydrogen) atoms. The fourth-order valence-corrected chi connectivity index (χ4v) is 2.54. The van der Waals surface area contributed by atoms with Crippen LogP contribution in [0.5, 0.6) is 0 Å². The van der Waals surface area contributed by atoms with Gasteiger partial charge < -0.3 is 10.4 Å². The maximum Gasteiger partial charge on any atom is 0.0609 e. The van der Waals surface area contributed by atoms with Crippen LogP contribution in [0.25, 0.3) is 0 Å². The number of hydrogen-bond donors (Lipinski definition) is 2. The van der Waals surface area contributed by atoms with Crippen LogP contribution in [0.3, 0.4) is 0 Å². The van der Waals surface area contributed by atoms with Crippen molar-refractivity contribution < 1.29 is 5.11 Å². The molecule has 4 atom stereocenters. The summed E-state index contributed by atoms with van der Waals surface area (Å²) in [7, 11) is 0. The van der Waals surface area contributed by atoms with Crippen LogP contribution in [0.15, 0.2) is 0 Å². The highest BCUT2D eigenvalue weighted by Gasteiger charge is 2.38. The lowest BCUT2D eigenvalue weighted by molar-refractivity contribution is 0.0127. The molecule has 1 saturated carbocycles. The summed E-state index contributed by atoms with van der Waals surface area (Å²) < 4.78 is 0. The van der Waals surface area contributed by atoms with Crippen molar-refractivity contribution in [3.8, 4) is 0 Å². The summed E-state index contributed by atoms with van der Waals surface area (Å²) in [5, 5.41) is 13.2. The molecule has 0 spiro atoms. The third-order valence-corrected chi connectivity index (χ3v) is 3.41. The van der Waals surface area contributed by atoms with Crippen molar-refractivity contribution in [1.29, 1.82) is 0 Å². The molecule has 0 radical (unpaired) electrons. The largest absolute Gasteiger partial charge is 0.393 e. The molecule has 0 aromatic heterocycles. The van der Waals surface area contributed by atoms with Gasteiger partial charge in [-0.25, -0.2) is 0 Å². The van der Waals surface area contributed by atoms with E-state index >= 15 is 0 Å². The molecule has 2 rings (SSSR count). The van der Waals surface area contributed by atoms with E-state index in [1.807, 2.05) is 0 Å². The average Bonchev–Trinajstić information content (AvgIpc) is 2.45. The van der Waals surface area contributed by atoms with Crippen LogP contribution in [0.1, 0.15) is 19.8 Å². The third kappa shape index (κ3) is 1.18. The zero-order valence-corrected chi connectivity index (χ0v) is 7.09. The van der Waals surface area contributed by atoms with Crippen LogP contribution in [0, 0.1) is 17.8 Å². The highest BCUT2D eigenvalue weighted by molar-refractivity contribution is 4.91. The topological polar surface area (TPSA) is 32.3 Å². The van der Waals surface area contributed by atoms with E-state index in [1.54, 1.807) is 0 Å². The summed E-state index contributed by atoms with van der Waals surface area (Å²) in [5.41, 5.74) is 0. The van der Waals surface area contributed by atoms with E-state index in [4.69, 9.17) is 0 Å². The second-order valence-electron chi connectivity index (χ2n) is 4.13. The average molecular weight is 155 g/mol. The Hall–Kier alpha value is -0.0800. The molecule has 2 aliphatic rings. The molecule has 2 heteroatoms. The number of fused-ring (bicyclic) bond motifs is 1. The first kappa shape index (κ1) is 7.56. The van der Waals surface area contributed by atoms with Gasteiger partial charge in [0.15, 0.2) is 0 Å². The number of nitrogens with one attached hydrogen (secondary N) is 1. The summed E-state index contributed by atoms with van der Waals surface area (Å²) in [5.74, 6) is 1.84. The Kier molecular flexibility index (Phi) is 1.90. The second-order valence-corrected chi connectivity index (χ2v) is 4.13. The lowest BCUT2D eigenvalue weighted by Crippen LogP contribution is -2.37. The zero-order chi connectivity index (χ0) is 7.84. The molecular weight excluding hydrogens is 138 g/mol. The monoisotopic (exact) mass is 155 g/mol. The van der Waals surface area contributed by atoms with Gasteiger partial charge in [0, 0.05) is 12.5 Å². The molecule has 0 bridgehead atoms. The molecule has 1 aliphatic carbocycles. The molecule has 0 amide bonds. The van der Waals surface area contributed by atoms with Crippen molar-refractivity contribution in [2.75, 3.05) is 13.1 Å². The van der Waals surface area contributed by atoms with Gasteiger partial charge in [-0.2, -0.15) is 0 Å². The van der Waals surface area contributed by atoms with Crippen LogP contribution in [0.4, 0.5) is 0 Å². The number of aliphatic hydroxyl groups is 1. The molecule has 2 fully saturated rings. The Morgan fingerprint density at radius 1 is 1.27 bits per heavy atom. The SMILES string of the molecule is CC1CCC2CNCC2C1O. The highest BCUT2D eigenvalue weighted by Crippen LogP contribution is 2.35. The van der Waals surface area contributed by atoms with Crippen molar-refractivity contribution in [3.05, 3.63) is 0 Å². The smallest absolute Gasteiger partial charge is 0.0609 e. The van der Waals surface area contributed by atoms with Crippen molar-refractivity contribution in [2.24, 2.45) is 17.8 Å². The molecular formula is C9H17NO. The zero-order valence-electron chi connectivity index (χ0n) is 7.09. The summed E-state index contributed by atoms with van der Waals surface area (Å²) in [6, 6.07) is 0. The Labute approximate surface area is 68.0 Å². The third-order valence-electron chi connectivity index (χ3n) is 3.41. The van der Waals surface area contributed by atoms with Crippen molar-refractivity contribution in [2.45, 2.75) is 25.9 Å². The lowest BCUT2D eigenvalue weighted by Gasteiger charge is -2.34. The summed E-state index contributed by atoms with van der Waals surface area (Å²) >= 11 is 0. The minimum Gasteiger partial charge on any atom is -0.393 e. The van der Waals surface area contributed by atoms with Gasteiger partial charge in [0.1, 0.15) is 0 Å². The molecule has 2 nitrogen and oxygen atoms in total.